The predicted octanol–water partition coefficient (Wildman–Crippen LogP) is 3.09. The number of halogens is 1. The van der Waals surface area contributed by atoms with Crippen molar-refractivity contribution in [1.82, 2.24) is 15.5 Å². The number of carbonyl (C=O) groups is 1. The lowest BCUT2D eigenvalue weighted by Crippen LogP contribution is -2.27. The topological polar surface area (TPSA) is 83.8 Å². The molecule has 2 aromatic rings. The first-order valence-corrected chi connectivity index (χ1v) is 7.29. The molecule has 1 unspecified atom stereocenters. The van der Waals surface area contributed by atoms with Crippen LogP contribution in [0.15, 0.2) is 24.3 Å². The van der Waals surface area contributed by atoms with E-state index < -0.39 is 0 Å². The van der Waals surface area contributed by atoms with E-state index in [1.54, 1.807) is 6.07 Å². The van der Waals surface area contributed by atoms with Crippen molar-refractivity contribution >= 4 is 23.2 Å². The van der Waals surface area contributed by atoms with Gasteiger partial charge in [0.15, 0.2) is 5.69 Å². The second kappa shape index (κ2) is 6.63. The zero-order chi connectivity index (χ0) is 15.4. The molecule has 0 radical (unpaired) electrons. The average Bonchev–Trinajstić information content (AvgIpc) is 2.81. The van der Waals surface area contributed by atoms with Crippen LogP contribution in [-0.2, 0) is 6.42 Å². The summed E-state index contributed by atoms with van der Waals surface area (Å²) in [7, 11) is 0. The molecule has 5 nitrogen and oxygen atoms in total. The van der Waals surface area contributed by atoms with E-state index in [9.17, 15) is 4.79 Å². The van der Waals surface area contributed by atoms with Gasteiger partial charge in [0.05, 0.1) is 17.4 Å². The molecular weight excluding hydrogens is 288 g/mol. The summed E-state index contributed by atoms with van der Waals surface area (Å²) in [6.45, 7) is 3.93. The van der Waals surface area contributed by atoms with Crippen LogP contribution in [0.4, 0.5) is 5.69 Å². The van der Waals surface area contributed by atoms with E-state index in [2.05, 4.69) is 15.5 Å². The maximum absolute atomic E-state index is 12.2. The third-order valence-electron chi connectivity index (χ3n) is 3.29. The molecule has 112 valence electrons. The highest BCUT2D eigenvalue weighted by atomic mass is 35.5. The molecule has 1 aromatic heterocycles. The second-order valence-electron chi connectivity index (χ2n) is 4.96. The van der Waals surface area contributed by atoms with Gasteiger partial charge in [0, 0.05) is 5.02 Å². The minimum absolute atomic E-state index is 0.179. The highest BCUT2D eigenvalue weighted by molar-refractivity contribution is 6.30. The number of nitrogen functional groups attached to an aromatic ring is 1. The molecule has 0 saturated heterocycles. The smallest absolute Gasteiger partial charge is 0.274 e. The molecule has 0 spiro atoms. The first kappa shape index (κ1) is 15.4. The van der Waals surface area contributed by atoms with Crippen LogP contribution < -0.4 is 11.1 Å². The van der Waals surface area contributed by atoms with E-state index in [4.69, 9.17) is 17.3 Å². The molecular formula is C15H19ClN4O. The molecule has 0 fully saturated rings. The van der Waals surface area contributed by atoms with Gasteiger partial charge in [-0.05, 0) is 31.0 Å². The van der Waals surface area contributed by atoms with Crippen LogP contribution in [0, 0.1) is 0 Å². The Labute approximate surface area is 128 Å². The maximum Gasteiger partial charge on any atom is 0.274 e. The van der Waals surface area contributed by atoms with Gasteiger partial charge in [-0.3, -0.25) is 9.89 Å². The largest absolute Gasteiger partial charge is 0.395 e. The Morgan fingerprint density at radius 3 is 2.95 bits per heavy atom. The Bertz CT molecular complexity index is 638. The van der Waals surface area contributed by atoms with Crippen molar-refractivity contribution in [3.8, 4) is 0 Å². The lowest BCUT2D eigenvalue weighted by atomic mass is 10.1. The van der Waals surface area contributed by atoms with Gasteiger partial charge < -0.3 is 11.1 Å². The lowest BCUT2D eigenvalue weighted by Gasteiger charge is -2.14. The molecule has 0 aliphatic heterocycles. The first-order valence-electron chi connectivity index (χ1n) is 6.92. The van der Waals surface area contributed by atoms with Crippen molar-refractivity contribution in [1.29, 1.82) is 0 Å². The number of aromatic amines is 1. The molecule has 6 heteroatoms. The van der Waals surface area contributed by atoms with Gasteiger partial charge in [-0.2, -0.15) is 5.10 Å². The summed E-state index contributed by atoms with van der Waals surface area (Å²) in [4.78, 5) is 12.2. The van der Waals surface area contributed by atoms with Crippen molar-refractivity contribution in [2.75, 3.05) is 5.73 Å². The zero-order valence-electron chi connectivity index (χ0n) is 12.1. The van der Waals surface area contributed by atoms with E-state index >= 15 is 0 Å². The number of H-pyrrole nitrogens is 1. The number of rotatable bonds is 5. The number of anilines is 1. The van der Waals surface area contributed by atoms with Crippen LogP contribution in [0.2, 0.25) is 5.02 Å². The number of nitrogens with zero attached hydrogens (tertiary/aromatic N) is 1. The van der Waals surface area contributed by atoms with Gasteiger partial charge in [0.2, 0.25) is 0 Å². The van der Waals surface area contributed by atoms with Crippen LogP contribution in [0.1, 0.15) is 48.1 Å². The molecule has 1 heterocycles. The average molecular weight is 307 g/mol. The summed E-state index contributed by atoms with van der Waals surface area (Å²) in [6.07, 6.45) is 1.71. The number of hydrogen-bond donors (Lipinski definition) is 3. The summed E-state index contributed by atoms with van der Waals surface area (Å²) < 4.78 is 0. The molecule has 21 heavy (non-hydrogen) atoms. The number of nitrogens with one attached hydrogen (secondary N) is 2. The normalized spacial score (nSPS) is 12.1. The van der Waals surface area contributed by atoms with Gasteiger partial charge in [-0.25, -0.2) is 0 Å². The van der Waals surface area contributed by atoms with Gasteiger partial charge in [-0.15, -0.1) is 0 Å². The van der Waals surface area contributed by atoms with Crippen LogP contribution in [0.25, 0.3) is 0 Å². The summed E-state index contributed by atoms with van der Waals surface area (Å²) >= 11 is 5.96. The fourth-order valence-electron chi connectivity index (χ4n) is 2.12. The third kappa shape index (κ3) is 3.55. The predicted molar refractivity (Wildman–Crippen MR) is 84.3 cm³/mol. The lowest BCUT2D eigenvalue weighted by molar-refractivity contribution is 0.0935. The summed E-state index contributed by atoms with van der Waals surface area (Å²) in [5, 5.41) is 10.3. The van der Waals surface area contributed by atoms with E-state index in [0.717, 1.165) is 24.1 Å². The molecule has 1 atom stereocenters. The molecule has 0 bridgehead atoms. The summed E-state index contributed by atoms with van der Waals surface area (Å²) in [5.41, 5.74) is 8.35. The number of benzene rings is 1. The summed E-state index contributed by atoms with van der Waals surface area (Å²) in [5.74, 6) is -0.293. The van der Waals surface area contributed by atoms with Crippen molar-refractivity contribution in [2.24, 2.45) is 0 Å². The van der Waals surface area contributed by atoms with Gasteiger partial charge in [-0.1, -0.05) is 37.1 Å². The van der Waals surface area contributed by atoms with Crippen molar-refractivity contribution in [2.45, 2.75) is 32.7 Å². The van der Waals surface area contributed by atoms with Gasteiger partial charge >= 0.3 is 0 Å². The van der Waals surface area contributed by atoms with Crippen molar-refractivity contribution in [3.05, 3.63) is 46.2 Å². The SMILES string of the molecule is CCCc1[nH]nc(C(=O)NC(C)c2cccc(Cl)c2)c1N. The van der Waals surface area contributed by atoms with Gasteiger partial charge in [0.25, 0.3) is 5.91 Å². The standard InChI is InChI=1S/C15H19ClN4O/c1-3-5-12-13(17)14(20-19-12)15(21)18-9(2)10-6-4-7-11(16)8-10/h4,6-9H,3,5,17H2,1-2H3,(H,18,21)(H,19,20). The Kier molecular flexibility index (Phi) is 4.85. The van der Waals surface area contributed by atoms with Crippen molar-refractivity contribution in [3.63, 3.8) is 0 Å². The van der Waals surface area contributed by atoms with Gasteiger partial charge in [0.1, 0.15) is 0 Å². The fraction of sp³-hybridized carbons (Fsp3) is 0.333. The molecule has 0 aliphatic carbocycles. The molecule has 0 aliphatic rings. The highest BCUT2D eigenvalue weighted by Gasteiger charge is 2.19. The van der Waals surface area contributed by atoms with E-state index in [1.807, 2.05) is 32.0 Å². The van der Waals surface area contributed by atoms with E-state index in [0.29, 0.717) is 10.7 Å². The molecule has 2 rings (SSSR count). The molecule has 0 saturated carbocycles. The monoisotopic (exact) mass is 306 g/mol. The number of carbonyl (C=O) groups excluding carboxylic acids is 1. The Balaban J connectivity index is 2.11. The third-order valence-corrected chi connectivity index (χ3v) is 3.53. The van der Waals surface area contributed by atoms with Crippen LogP contribution >= 0.6 is 11.6 Å². The van der Waals surface area contributed by atoms with E-state index in [1.165, 1.54) is 0 Å². The number of aryl methyl sites for hydroxylation is 1. The maximum atomic E-state index is 12.2. The number of nitrogens with two attached hydrogens (primary N) is 1. The van der Waals surface area contributed by atoms with Crippen LogP contribution in [0.3, 0.4) is 0 Å². The number of aromatic nitrogens is 2. The Morgan fingerprint density at radius 2 is 2.29 bits per heavy atom. The van der Waals surface area contributed by atoms with Crippen molar-refractivity contribution < 1.29 is 4.79 Å². The fourth-order valence-corrected chi connectivity index (χ4v) is 2.32. The molecule has 1 amide bonds. The number of hydrogen-bond acceptors (Lipinski definition) is 3. The zero-order valence-corrected chi connectivity index (χ0v) is 12.9. The van der Waals surface area contributed by atoms with Crippen LogP contribution in [0.5, 0.6) is 0 Å². The van der Waals surface area contributed by atoms with Crippen LogP contribution in [-0.4, -0.2) is 16.1 Å². The second-order valence-corrected chi connectivity index (χ2v) is 5.40. The molecule has 4 N–H and O–H groups in total. The first-order chi connectivity index (χ1) is 10.0. The minimum Gasteiger partial charge on any atom is -0.395 e. The summed E-state index contributed by atoms with van der Waals surface area (Å²) in [6, 6.07) is 7.20. The quantitative estimate of drug-likeness (QED) is 0.793. The highest BCUT2D eigenvalue weighted by Crippen LogP contribution is 2.20. The number of amides is 1. The minimum atomic E-state index is -0.293. The molecule has 1 aromatic carbocycles. The van der Waals surface area contributed by atoms with E-state index in [-0.39, 0.29) is 17.6 Å². The Hall–Kier alpha value is -2.01. The Morgan fingerprint density at radius 1 is 1.52 bits per heavy atom.